The van der Waals surface area contributed by atoms with E-state index < -0.39 is 0 Å². The van der Waals surface area contributed by atoms with Gasteiger partial charge in [-0.3, -0.25) is 4.79 Å². The summed E-state index contributed by atoms with van der Waals surface area (Å²) >= 11 is 1.44. The molecule has 28 heavy (non-hydrogen) atoms. The number of hydrogen-bond donors (Lipinski definition) is 1. The van der Waals surface area contributed by atoms with Crippen LogP contribution in [0.1, 0.15) is 16.3 Å². The molecule has 1 heterocycles. The number of aromatic nitrogens is 1. The molecule has 1 amide bonds. The summed E-state index contributed by atoms with van der Waals surface area (Å²) in [5.41, 5.74) is 2.88. The minimum Gasteiger partial charge on any atom is -0.486 e. The number of anilines is 1. The van der Waals surface area contributed by atoms with Crippen molar-refractivity contribution in [3.63, 3.8) is 0 Å². The Hall–Kier alpha value is -2.93. The van der Waals surface area contributed by atoms with E-state index in [2.05, 4.69) is 10.3 Å². The molecule has 0 aliphatic carbocycles. The topological polar surface area (TPSA) is 54.5 Å². The van der Waals surface area contributed by atoms with Gasteiger partial charge in [0.05, 0.1) is 12.1 Å². The largest absolute Gasteiger partial charge is 0.486 e. The maximum Gasteiger partial charge on any atom is 0.226 e. The average molecular weight is 399 g/mol. The average Bonchev–Trinajstić information content (AvgIpc) is 3.13. The Kier molecular flexibility index (Phi) is 6.60. The molecule has 0 saturated heterocycles. The standard InChI is InChI=1S/C21H22FN3O2S/c1-25(2)18-7-3-15(4-8-18)12-23-20(26)11-17-14-28-21(24-17)13-27-19-9-5-16(22)6-10-19/h3-10,14H,11-13H2,1-2H3,(H,23,26). The summed E-state index contributed by atoms with van der Waals surface area (Å²) in [7, 11) is 3.98. The van der Waals surface area contributed by atoms with Crippen LogP contribution >= 0.6 is 11.3 Å². The van der Waals surface area contributed by atoms with Gasteiger partial charge in [-0.05, 0) is 42.0 Å². The summed E-state index contributed by atoms with van der Waals surface area (Å²) in [5, 5.41) is 5.54. The predicted octanol–water partition coefficient (Wildman–Crippen LogP) is 3.79. The number of nitrogens with zero attached hydrogens (tertiary/aromatic N) is 2. The van der Waals surface area contributed by atoms with Crippen molar-refractivity contribution in [1.82, 2.24) is 10.3 Å². The number of benzene rings is 2. The van der Waals surface area contributed by atoms with Gasteiger partial charge >= 0.3 is 0 Å². The van der Waals surface area contributed by atoms with E-state index in [-0.39, 0.29) is 24.8 Å². The molecule has 0 spiro atoms. The van der Waals surface area contributed by atoms with Gasteiger partial charge in [-0.2, -0.15) is 0 Å². The molecule has 1 N–H and O–H groups in total. The van der Waals surface area contributed by atoms with Crippen LogP contribution in [-0.2, 0) is 24.4 Å². The maximum absolute atomic E-state index is 12.9. The van der Waals surface area contributed by atoms with Crippen molar-refractivity contribution in [2.45, 2.75) is 19.6 Å². The monoisotopic (exact) mass is 399 g/mol. The van der Waals surface area contributed by atoms with Gasteiger partial charge in [-0.15, -0.1) is 11.3 Å². The van der Waals surface area contributed by atoms with Gasteiger partial charge in [0.15, 0.2) is 0 Å². The molecule has 0 radical (unpaired) electrons. The van der Waals surface area contributed by atoms with Gasteiger partial charge in [0, 0.05) is 31.7 Å². The van der Waals surface area contributed by atoms with E-state index in [0.29, 0.717) is 18.0 Å². The van der Waals surface area contributed by atoms with Crippen LogP contribution in [0.15, 0.2) is 53.9 Å². The second-order valence-electron chi connectivity index (χ2n) is 6.49. The van der Waals surface area contributed by atoms with E-state index >= 15 is 0 Å². The number of amides is 1. The SMILES string of the molecule is CN(C)c1ccc(CNC(=O)Cc2csc(COc3ccc(F)cc3)n2)cc1. The van der Waals surface area contributed by atoms with Gasteiger partial charge in [0.1, 0.15) is 23.2 Å². The Morgan fingerprint density at radius 1 is 1.14 bits per heavy atom. The third-order valence-corrected chi connectivity index (χ3v) is 4.93. The van der Waals surface area contributed by atoms with Gasteiger partial charge in [0.2, 0.25) is 5.91 Å². The highest BCUT2D eigenvalue weighted by atomic mass is 32.1. The molecule has 5 nitrogen and oxygen atoms in total. The molecule has 146 valence electrons. The number of thiazole rings is 1. The molecule has 0 bridgehead atoms. The number of ether oxygens (including phenoxy) is 1. The zero-order valence-electron chi connectivity index (χ0n) is 15.8. The van der Waals surface area contributed by atoms with E-state index in [1.807, 2.05) is 48.6 Å². The Labute approximate surface area is 167 Å². The number of carbonyl (C=O) groups is 1. The van der Waals surface area contributed by atoms with Gasteiger partial charge in [0.25, 0.3) is 0 Å². The summed E-state index contributed by atoms with van der Waals surface area (Å²) in [4.78, 5) is 18.6. The smallest absolute Gasteiger partial charge is 0.226 e. The van der Waals surface area contributed by atoms with Crippen molar-refractivity contribution < 1.29 is 13.9 Å². The molecule has 0 saturated carbocycles. The molecule has 0 atom stereocenters. The zero-order chi connectivity index (χ0) is 19.9. The predicted molar refractivity (Wildman–Crippen MR) is 109 cm³/mol. The van der Waals surface area contributed by atoms with Crippen LogP contribution in [0.5, 0.6) is 5.75 Å². The minimum absolute atomic E-state index is 0.0759. The first-order valence-corrected chi connectivity index (χ1v) is 9.72. The van der Waals surface area contributed by atoms with E-state index in [4.69, 9.17) is 4.74 Å². The van der Waals surface area contributed by atoms with E-state index in [0.717, 1.165) is 16.3 Å². The second-order valence-corrected chi connectivity index (χ2v) is 7.43. The first-order chi connectivity index (χ1) is 13.5. The van der Waals surface area contributed by atoms with Gasteiger partial charge in [-0.25, -0.2) is 9.37 Å². The molecule has 1 aromatic heterocycles. The fraction of sp³-hybridized carbons (Fsp3) is 0.238. The Morgan fingerprint density at radius 2 is 1.86 bits per heavy atom. The van der Waals surface area contributed by atoms with Crippen molar-refractivity contribution in [3.8, 4) is 5.75 Å². The normalized spacial score (nSPS) is 10.5. The lowest BCUT2D eigenvalue weighted by atomic mass is 10.2. The molecule has 7 heteroatoms. The first-order valence-electron chi connectivity index (χ1n) is 8.84. The quantitative estimate of drug-likeness (QED) is 0.626. The summed E-state index contributed by atoms with van der Waals surface area (Å²) in [5.74, 6) is 0.202. The van der Waals surface area contributed by atoms with Crippen LogP contribution in [0.2, 0.25) is 0 Å². The lowest BCUT2D eigenvalue weighted by Crippen LogP contribution is -2.24. The van der Waals surface area contributed by atoms with Crippen LogP contribution in [0.4, 0.5) is 10.1 Å². The van der Waals surface area contributed by atoms with Crippen molar-refractivity contribution in [1.29, 1.82) is 0 Å². The zero-order valence-corrected chi connectivity index (χ0v) is 16.6. The third-order valence-electron chi connectivity index (χ3n) is 4.06. The lowest BCUT2D eigenvalue weighted by Gasteiger charge is -2.12. The summed E-state index contributed by atoms with van der Waals surface area (Å²) < 4.78 is 18.5. The van der Waals surface area contributed by atoms with Crippen LogP contribution in [0, 0.1) is 5.82 Å². The molecule has 2 aromatic carbocycles. The molecular formula is C21H22FN3O2S. The number of rotatable bonds is 8. The molecule has 0 aliphatic heterocycles. The van der Waals surface area contributed by atoms with Crippen molar-refractivity contribution in [3.05, 3.63) is 76.0 Å². The molecular weight excluding hydrogens is 377 g/mol. The highest BCUT2D eigenvalue weighted by molar-refractivity contribution is 7.09. The number of carbonyl (C=O) groups excluding carboxylic acids is 1. The van der Waals surface area contributed by atoms with E-state index in [1.54, 1.807) is 12.1 Å². The Balaban J connectivity index is 1.44. The summed E-state index contributed by atoms with van der Waals surface area (Å²) in [6.07, 6.45) is 0.225. The van der Waals surface area contributed by atoms with Crippen LogP contribution in [0.25, 0.3) is 0 Å². The van der Waals surface area contributed by atoms with E-state index in [9.17, 15) is 9.18 Å². The minimum atomic E-state index is -0.302. The molecule has 3 rings (SSSR count). The number of halogens is 1. The summed E-state index contributed by atoms with van der Waals surface area (Å²) in [6, 6.07) is 13.9. The fourth-order valence-corrected chi connectivity index (χ4v) is 3.22. The molecule has 0 fully saturated rings. The maximum atomic E-state index is 12.9. The second kappa shape index (κ2) is 9.32. The third kappa shape index (κ3) is 5.79. The Bertz CT molecular complexity index is 908. The molecule has 0 unspecified atom stereocenters. The van der Waals surface area contributed by atoms with Crippen LogP contribution < -0.4 is 15.0 Å². The van der Waals surface area contributed by atoms with Crippen molar-refractivity contribution >= 4 is 22.9 Å². The van der Waals surface area contributed by atoms with Crippen molar-refractivity contribution in [2.24, 2.45) is 0 Å². The van der Waals surface area contributed by atoms with Crippen molar-refractivity contribution in [2.75, 3.05) is 19.0 Å². The Morgan fingerprint density at radius 3 is 2.54 bits per heavy atom. The van der Waals surface area contributed by atoms with Gasteiger partial charge < -0.3 is 15.0 Å². The highest BCUT2D eigenvalue weighted by Gasteiger charge is 2.09. The van der Waals surface area contributed by atoms with Crippen LogP contribution in [0.3, 0.4) is 0 Å². The van der Waals surface area contributed by atoms with Crippen LogP contribution in [-0.4, -0.2) is 25.0 Å². The highest BCUT2D eigenvalue weighted by Crippen LogP contribution is 2.16. The van der Waals surface area contributed by atoms with E-state index in [1.165, 1.54) is 23.5 Å². The van der Waals surface area contributed by atoms with Gasteiger partial charge in [-0.1, -0.05) is 12.1 Å². The summed E-state index contributed by atoms with van der Waals surface area (Å²) in [6.45, 7) is 0.771. The number of hydrogen-bond acceptors (Lipinski definition) is 5. The first kappa shape index (κ1) is 19.8. The lowest BCUT2D eigenvalue weighted by molar-refractivity contribution is -0.120. The molecule has 3 aromatic rings. The molecule has 0 aliphatic rings. The number of nitrogens with one attached hydrogen (secondary N) is 1. The fourth-order valence-electron chi connectivity index (χ4n) is 2.51.